The first-order valence-corrected chi connectivity index (χ1v) is 12.4. The number of amides is 2. The number of aromatic nitrogens is 1. The Labute approximate surface area is 219 Å². The third-order valence-corrected chi connectivity index (χ3v) is 6.93. The van der Waals surface area contributed by atoms with E-state index in [9.17, 15) is 4.79 Å². The van der Waals surface area contributed by atoms with E-state index in [1.54, 1.807) is 12.4 Å². The molecule has 2 amide bonds. The summed E-state index contributed by atoms with van der Waals surface area (Å²) in [4.78, 5) is 19.4. The molecule has 0 spiro atoms. The van der Waals surface area contributed by atoms with Gasteiger partial charge in [0, 0.05) is 23.5 Å². The Balaban J connectivity index is 0.00000304. The monoisotopic (exact) mass is 500 g/mol. The Kier molecular flexibility index (Phi) is 8.24. The Morgan fingerprint density at radius 2 is 1.75 bits per heavy atom. The van der Waals surface area contributed by atoms with Crippen LogP contribution in [0.4, 0.5) is 16.2 Å². The van der Waals surface area contributed by atoms with E-state index in [0.717, 1.165) is 52.7 Å². The van der Waals surface area contributed by atoms with Gasteiger partial charge in [-0.1, -0.05) is 36.4 Å². The van der Waals surface area contributed by atoms with Crippen LogP contribution in [0.15, 0.2) is 79.1 Å². The Hall–Kier alpha value is -3.41. The number of hydrogen-bond acceptors (Lipinski definition) is 3. The molecule has 1 heterocycles. The fourth-order valence-corrected chi connectivity index (χ4v) is 5.16. The zero-order valence-electron chi connectivity index (χ0n) is 20.8. The highest BCUT2D eigenvalue weighted by Gasteiger charge is 2.21. The Bertz CT molecular complexity index is 1340. The van der Waals surface area contributed by atoms with Crippen molar-refractivity contribution in [2.75, 3.05) is 31.3 Å². The molecule has 186 valence electrons. The maximum Gasteiger partial charge on any atom is 0.323 e. The lowest BCUT2D eigenvalue weighted by Gasteiger charge is -2.27. The van der Waals surface area contributed by atoms with Crippen LogP contribution in [0, 0.1) is 0 Å². The molecule has 3 aromatic carbocycles. The molecule has 1 aromatic heterocycles. The van der Waals surface area contributed by atoms with Gasteiger partial charge in [-0.25, -0.2) is 4.79 Å². The van der Waals surface area contributed by atoms with Crippen molar-refractivity contribution in [2.24, 2.45) is 0 Å². The molecule has 6 heteroatoms. The second-order valence-corrected chi connectivity index (χ2v) is 9.62. The number of aryl methyl sites for hydroxylation is 1. The smallest absolute Gasteiger partial charge is 0.309 e. The summed E-state index contributed by atoms with van der Waals surface area (Å²) in [6.07, 6.45) is 8.31. The lowest BCUT2D eigenvalue weighted by Crippen LogP contribution is -2.21. The van der Waals surface area contributed by atoms with E-state index in [0.29, 0.717) is 5.92 Å². The lowest BCUT2D eigenvalue weighted by atomic mass is 9.81. The summed E-state index contributed by atoms with van der Waals surface area (Å²) < 4.78 is 0. The molecular formula is C30H33ClN4O. The molecule has 0 aliphatic heterocycles. The number of carbonyl (C=O) groups excluding carboxylic acids is 1. The van der Waals surface area contributed by atoms with Crippen molar-refractivity contribution in [1.29, 1.82) is 0 Å². The molecule has 1 atom stereocenters. The molecule has 4 aromatic rings. The van der Waals surface area contributed by atoms with Crippen LogP contribution in [0.1, 0.15) is 36.3 Å². The van der Waals surface area contributed by atoms with Crippen LogP contribution in [-0.2, 0) is 6.42 Å². The molecule has 0 fully saturated rings. The number of anilines is 2. The molecule has 1 aliphatic carbocycles. The first kappa shape index (κ1) is 25.7. The molecule has 1 aliphatic rings. The van der Waals surface area contributed by atoms with Gasteiger partial charge >= 0.3 is 6.03 Å². The summed E-state index contributed by atoms with van der Waals surface area (Å²) in [6, 6.07) is 22.4. The van der Waals surface area contributed by atoms with Gasteiger partial charge in [-0.15, -0.1) is 12.4 Å². The molecule has 0 bridgehead atoms. The molecule has 36 heavy (non-hydrogen) atoms. The summed E-state index contributed by atoms with van der Waals surface area (Å²) in [5.74, 6) is 0.552. The normalized spacial score (nSPS) is 14.7. The quantitative estimate of drug-likeness (QED) is 0.291. The average molecular weight is 501 g/mol. The molecule has 0 radical (unpaired) electrons. The van der Waals surface area contributed by atoms with Gasteiger partial charge in [0.25, 0.3) is 0 Å². The highest BCUT2D eigenvalue weighted by Crippen LogP contribution is 2.36. The van der Waals surface area contributed by atoms with Crippen LogP contribution in [0.3, 0.4) is 0 Å². The number of halogens is 1. The van der Waals surface area contributed by atoms with Gasteiger partial charge in [-0.3, -0.25) is 4.98 Å². The molecule has 5 rings (SSSR count). The molecule has 1 unspecified atom stereocenters. The SMILES string of the molecule is CN(C)CCC1CCCc2ccc(NC(=O)Nc3ccc(-c4ccncc4)c4ccccc34)cc21.Cl. The minimum absolute atomic E-state index is 0. The number of benzene rings is 3. The van der Waals surface area contributed by atoms with E-state index in [1.807, 2.05) is 42.5 Å². The first-order chi connectivity index (χ1) is 17.1. The number of nitrogens with one attached hydrogen (secondary N) is 2. The van der Waals surface area contributed by atoms with Crippen molar-refractivity contribution in [3.8, 4) is 11.1 Å². The van der Waals surface area contributed by atoms with Crippen LogP contribution < -0.4 is 10.6 Å². The predicted octanol–water partition coefficient (Wildman–Crippen LogP) is 7.34. The van der Waals surface area contributed by atoms with Gasteiger partial charge in [0.1, 0.15) is 0 Å². The van der Waals surface area contributed by atoms with E-state index < -0.39 is 0 Å². The number of carbonyl (C=O) groups is 1. The molecule has 2 N–H and O–H groups in total. The van der Waals surface area contributed by atoms with Crippen molar-refractivity contribution < 1.29 is 4.79 Å². The number of hydrogen-bond donors (Lipinski definition) is 2. The maximum absolute atomic E-state index is 13.0. The van der Waals surface area contributed by atoms with E-state index in [-0.39, 0.29) is 18.4 Å². The first-order valence-electron chi connectivity index (χ1n) is 12.4. The summed E-state index contributed by atoms with van der Waals surface area (Å²) in [5, 5.41) is 8.24. The maximum atomic E-state index is 13.0. The van der Waals surface area contributed by atoms with Crippen LogP contribution >= 0.6 is 12.4 Å². The van der Waals surface area contributed by atoms with Crippen LogP contribution in [-0.4, -0.2) is 36.6 Å². The van der Waals surface area contributed by atoms with Gasteiger partial charge in [0.2, 0.25) is 0 Å². The lowest BCUT2D eigenvalue weighted by molar-refractivity contribution is 0.262. The highest BCUT2D eigenvalue weighted by atomic mass is 35.5. The number of rotatable bonds is 6. The van der Waals surface area contributed by atoms with E-state index >= 15 is 0 Å². The molecule has 0 saturated carbocycles. The molecule has 0 saturated heterocycles. The van der Waals surface area contributed by atoms with Gasteiger partial charge in [0.05, 0.1) is 5.69 Å². The van der Waals surface area contributed by atoms with Crippen LogP contribution in [0.5, 0.6) is 0 Å². The second kappa shape index (κ2) is 11.5. The van der Waals surface area contributed by atoms with Gasteiger partial charge in [0.15, 0.2) is 0 Å². The topological polar surface area (TPSA) is 57.3 Å². The number of urea groups is 1. The van der Waals surface area contributed by atoms with Crippen molar-refractivity contribution in [2.45, 2.75) is 31.6 Å². The third-order valence-electron chi connectivity index (χ3n) is 6.93. The van der Waals surface area contributed by atoms with Gasteiger partial charge in [-0.05, 0) is 110 Å². The minimum Gasteiger partial charge on any atom is -0.309 e. The summed E-state index contributed by atoms with van der Waals surface area (Å²) >= 11 is 0. The second-order valence-electron chi connectivity index (χ2n) is 9.62. The standard InChI is InChI=1S/C30H32N4O.ClH/c1-34(2)19-16-22-7-5-6-21-10-11-24(20-28(21)22)32-30(35)33-29-13-12-25(23-14-17-31-18-15-23)26-8-3-4-9-27(26)29;/h3-4,8-15,17-18,20,22H,5-7,16,19H2,1-2H3,(H2,32,33,35);1H. The fourth-order valence-electron chi connectivity index (χ4n) is 5.16. The van der Waals surface area contributed by atoms with Crippen LogP contribution in [0.2, 0.25) is 0 Å². The van der Waals surface area contributed by atoms with Gasteiger partial charge in [-0.2, -0.15) is 0 Å². The van der Waals surface area contributed by atoms with E-state index in [2.05, 4.69) is 58.9 Å². The summed E-state index contributed by atoms with van der Waals surface area (Å²) in [7, 11) is 4.25. The third kappa shape index (κ3) is 5.69. The molecular weight excluding hydrogens is 468 g/mol. The molecule has 5 nitrogen and oxygen atoms in total. The Morgan fingerprint density at radius 3 is 2.53 bits per heavy atom. The average Bonchev–Trinajstić information content (AvgIpc) is 2.88. The van der Waals surface area contributed by atoms with Crippen molar-refractivity contribution in [1.82, 2.24) is 9.88 Å². The van der Waals surface area contributed by atoms with Crippen molar-refractivity contribution in [3.05, 3.63) is 90.3 Å². The fraction of sp³-hybridized carbons (Fsp3) is 0.267. The zero-order chi connectivity index (χ0) is 24.2. The number of nitrogens with zero attached hydrogens (tertiary/aromatic N) is 2. The van der Waals surface area contributed by atoms with Crippen molar-refractivity contribution >= 4 is 40.6 Å². The van der Waals surface area contributed by atoms with E-state index in [1.165, 1.54) is 24.0 Å². The number of pyridine rings is 1. The highest BCUT2D eigenvalue weighted by molar-refractivity contribution is 6.09. The van der Waals surface area contributed by atoms with Crippen molar-refractivity contribution in [3.63, 3.8) is 0 Å². The van der Waals surface area contributed by atoms with E-state index in [4.69, 9.17) is 0 Å². The van der Waals surface area contributed by atoms with Crippen LogP contribution in [0.25, 0.3) is 21.9 Å². The minimum atomic E-state index is -0.229. The van der Waals surface area contributed by atoms with Gasteiger partial charge < -0.3 is 15.5 Å². The Morgan fingerprint density at radius 1 is 0.972 bits per heavy atom. The zero-order valence-corrected chi connectivity index (χ0v) is 21.6. The largest absolute Gasteiger partial charge is 0.323 e. The number of fused-ring (bicyclic) bond motifs is 2. The summed E-state index contributed by atoms with van der Waals surface area (Å²) in [5.41, 5.74) is 6.66. The summed E-state index contributed by atoms with van der Waals surface area (Å²) in [6.45, 7) is 1.07. The predicted molar refractivity (Wildman–Crippen MR) is 152 cm³/mol.